The van der Waals surface area contributed by atoms with Crippen molar-refractivity contribution in [1.29, 1.82) is 5.26 Å². The molecule has 2 aromatic rings. The summed E-state index contributed by atoms with van der Waals surface area (Å²) in [6.07, 6.45) is 0.682. The summed E-state index contributed by atoms with van der Waals surface area (Å²) in [5, 5.41) is 10.3. The minimum absolute atomic E-state index is 0.302. The Balaban J connectivity index is 2.05. The maximum atomic E-state index is 11.6. The zero-order valence-electron chi connectivity index (χ0n) is 11.8. The molecule has 1 unspecified atom stereocenters. The normalized spacial score (nSPS) is 21.4. The molecular weight excluding hydrogens is 264 g/mol. The van der Waals surface area contributed by atoms with E-state index in [4.69, 9.17) is 5.73 Å². The van der Waals surface area contributed by atoms with Crippen molar-refractivity contribution >= 4 is 22.6 Å². The number of carbonyl (C=O) groups excluding carboxylic acids is 1. The number of benzene rings is 1. The number of hydrogen-bond donors (Lipinski definition) is 1. The van der Waals surface area contributed by atoms with E-state index in [0.29, 0.717) is 30.9 Å². The molecule has 5 heteroatoms. The molecule has 1 saturated heterocycles. The first-order valence-electron chi connectivity index (χ1n) is 6.88. The van der Waals surface area contributed by atoms with Crippen LogP contribution in [0.3, 0.4) is 0 Å². The Morgan fingerprint density at radius 1 is 1.48 bits per heavy atom. The van der Waals surface area contributed by atoms with Crippen LogP contribution in [-0.2, 0) is 4.79 Å². The number of carbonyl (C=O) groups is 1. The van der Waals surface area contributed by atoms with Crippen molar-refractivity contribution in [3.8, 4) is 6.07 Å². The van der Waals surface area contributed by atoms with Gasteiger partial charge in [0.05, 0.1) is 16.5 Å². The number of hydrogen-bond acceptors (Lipinski definition) is 4. The number of aromatic nitrogens is 1. The van der Waals surface area contributed by atoms with E-state index in [2.05, 4.69) is 11.1 Å². The molecule has 1 aliphatic heterocycles. The van der Waals surface area contributed by atoms with Crippen LogP contribution < -0.4 is 10.6 Å². The van der Waals surface area contributed by atoms with Crippen LogP contribution in [0.1, 0.15) is 18.9 Å². The summed E-state index contributed by atoms with van der Waals surface area (Å²) in [6.45, 7) is 3.05. The number of nitrogens with two attached hydrogens (primary N) is 1. The predicted octanol–water partition coefficient (Wildman–Crippen LogP) is 1.81. The summed E-state index contributed by atoms with van der Waals surface area (Å²) in [4.78, 5) is 18.2. The van der Waals surface area contributed by atoms with E-state index in [1.807, 2.05) is 42.2 Å². The van der Waals surface area contributed by atoms with E-state index in [9.17, 15) is 10.1 Å². The minimum Gasteiger partial charge on any atom is -0.369 e. The van der Waals surface area contributed by atoms with Gasteiger partial charge in [0.1, 0.15) is 11.9 Å². The van der Waals surface area contributed by atoms with Crippen molar-refractivity contribution in [2.45, 2.75) is 13.3 Å². The smallest absolute Gasteiger partial charge is 0.225 e. The largest absolute Gasteiger partial charge is 0.369 e. The average Bonchev–Trinajstić information content (AvgIpc) is 2.89. The molecule has 1 atom stereocenters. The summed E-state index contributed by atoms with van der Waals surface area (Å²) in [6, 6.07) is 11.7. The van der Waals surface area contributed by atoms with Crippen LogP contribution in [0.4, 0.5) is 5.82 Å². The lowest BCUT2D eigenvalue weighted by Gasteiger charge is -2.22. The lowest BCUT2D eigenvalue weighted by molar-refractivity contribution is -0.125. The first-order valence-corrected chi connectivity index (χ1v) is 6.88. The highest BCUT2D eigenvalue weighted by molar-refractivity contribution is 5.84. The predicted molar refractivity (Wildman–Crippen MR) is 80.6 cm³/mol. The maximum Gasteiger partial charge on any atom is 0.225 e. The van der Waals surface area contributed by atoms with Crippen LogP contribution in [0.15, 0.2) is 30.3 Å². The monoisotopic (exact) mass is 280 g/mol. The number of primary amides is 1. The topological polar surface area (TPSA) is 83.0 Å². The number of para-hydroxylation sites is 1. The highest BCUT2D eigenvalue weighted by Crippen LogP contribution is 2.34. The molecule has 21 heavy (non-hydrogen) atoms. The van der Waals surface area contributed by atoms with Crippen LogP contribution in [-0.4, -0.2) is 24.0 Å². The van der Waals surface area contributed by atoms with Gasteiger partial charge in [0.25, 0.3) is 0 Å². The van der Waals surface area contributed by atoms with E-state index < -0.39 is 5.41 Å². The molecule has 1 fully saturated rings. The number of nitrogens with zero attached hydrogens (tertiary/aromatic N) is 3. The number of rotatable bonds is 2. The molecule has 0 radical (unpaired) electrons. The number of pyridine rings is 1. The zero-order valence-corrected chi connectivity index (χ0v) is 11.8. The molecule has 1 aliphatic rings. The standard InChI is InChI=1S/C16H16N4O/c1-16(15(18)21)6-7-20(10-16)14-12(9-17)8-11-4-2-3-5-13(11)19-14/h2-5,8H,6-7,10H2,1H3,(H2,18,21). The average molecular weight is 280 g/mol. The van der Waals surface area contributed by atoms with E-state index in [0.717, 1.165) is 10.9 Å². The molecule has 1 aromatic heterocycles. The van der Waals surface area contributed by atoms with E-state index in [1.165, 1.54) is 0 Å². The van der Waals surface area contributed by atoms with E-state index >= 15 is 0 Å². The van der Waals surface area contributed by atoms with Crippen molar-refractivity contribution in [2.24, 2.45) is 11.1 Å². The van der Waals surface area contributed by atoms with Gasteiger partial charge in [0.15, 0.2) is 0 Å². The maximum absolute atomic E-state index is 11.6. The van der Waals surface area contributed by atoms with Crippen molar-refractivity contribution in [3.63, 3.8) is 0 Å². The highest BCUT2D eigenvalue weighted by atomic mass is 16.1. The third-order valence-corrected chi connectivity index (χ3v) is 4.19. The number of nitriles is 1. The van der Waals surface area contributed by atoms with Gasteiger partial charge in [-0.3, -0.25) is 4.79 Å². The Labute approximate surface area is 123 Å². The number of amides is 1. The number of fused-ring (bicyclic) bond motifs is 1. The minimum atomic E-state index is -0.556. The molecule has 0 spiro atoms. The molecule has 0 bridgehead atoms. The van der Waals surface area contributed by atoms with Crippen LogP contribution in [0.2, 0.25) is 0 Å². The highest BCUT2D eigenvalue weighted by Gasteiger charge is 2.40. The third-order valence-electron chi connectivity index (χ3n) is 4.19. The SMILES string of the molecule is CC1(C(N)=O)CCN(c2nc3ccccc3cc2C#N)C1. The Kier molecular flexibility index (Phi) is 3.02. The van der Waals surface area contributed by atoms with Crippen LogP contribution >= 0.6 is 0 Å². The van der Waals surface area contributed by atoms with Gasteiger partial charge in [-0.25, -0.2) is 4.98 Å². The van der Waals surface area contributed by atoms with Gasteiger partial charge in [-0.05, 0) is 25.5 Å². The molecule has 0 aliphatic carbocycles. The summed E-state index contributed by atoms with van der Waals surface area (Å²) in [7, 11) is 0. The van der Waals surface area contributed by atoms with Crippen molar-refractivity contribution < 1.29 is 4.79 Å². The van der Waals surface area contributed by atoms with Gasteiger partial charge in [-0.1, -0.05) is 18.2 Å². The molecule has 1 aromatic carbocycles. The molecule has 5 nitrogen and oxygen atoms in total. The quantitative estimate of drug-likeness (QED) is 0.909. The summed E-state index contributed by atoms with van der Waals surface area (Å²) in [5.74, 6) is 0.338. The fourth-order valence-corrected chi connectivity index (χ4v) is 2.77. The Bertz CT molecular complexity index is 764. The van der Waals surface area contributed by atoms with Crippen molar-refractivity contribution in [2.75, 3.05) is 18.0 Å². The second-order valence-corrected chi connectivity index (χ2v) is 5.76. The van der Waals surface area contributed by atoms with Crippen molar-refractivity contribution in [3.05, 3.63) is 35.9 Å². The van der Waals surface area contributed by atoms with Gasteiger partial charge in [0, 0.05) is 18.5 Å². The van der Waals surface area contributed by atoms with Gasteiger partial charge in [-0.2, -0.15) is 5.26 Å². The molecular formula is C16H16N4O. The van der Waals surface area contributed by atoms with Crippen LogP contribution in [0, 0.1) is 16.7 Å². The molecule has 2 heterocycles. The molecule has 106 valence electrons. The summed E-state index contributed by atoms with van der Waals surface area (Å²) in [5.41, 5.74) is 6.30. The Hall–Kier alpha value is -2.61. The summed E-state index contributed by atoms with van der Waals surface area (Å²) < 4.78 is 0. The Morgan fingerprint density at radius 3 is 2.90 bits per heavy atom. The first-order chi connectivity index (χ1) is 10.0. The van der Waals surface area contributed by atoms with E-state index in [1.54, 1.807) is 0 Å². The fraction of sp³-hybridized carbons (Fsp3) is 0.312. The first kappa shape index (κ1) is 13.4. The molecule has 0 saturated carbocycles. The summed E-state index contributed by atoms with van der Waals surface area (Å²) >= 11 is 0. The third kappa shape index (κ3) is 2.19. The molecule has 1 amide bonds. The van der Waals surface area contributed by atoms with Crippen molar-refractivity contribution in [1.82, 2.24) is 4.98 Å². The Morgan fingerprint density at radius 2 is 2.24 bits per heavy atom. The second kappa shape index (κ2) is 4.74. The number of anilines is 1. The molecule has 3 rings (SSSR count). The van der Waals surface area contributed by atoms with Gasteiger partial charge in [-0.15, -0.1) is 0 Å². The lowest BCUT2D eigenvalue weighted by atomic mass is 9.89. The van der Waals surface area contributed by atoms with Gasteiger partial charge in [0.2, 0.25) is 5.91 Å². The fourth-order valence-electron chi connectivity index (χ4n) is 2.77. The lowest BCUT2D eigenvalue weighted by Crippen LogP contribution is -2.37. The van der Waals surface area contributed by atoms with E-state index in [-0.39, 0.29) is 5.91 Å². The van der Waals surface area contributed by atoms with Crippen LogP contribution in [0.5, 0.6) is 0 Å². The van der Waals surface area contributed by atoms with Gasteiger partial charge >= 0.3 is 0 Å². The van der Waals surface area contributed by atoms with Gasteiger partial charge < -0.3 is 10.6 Å². The molecule has 2 N–H and O–H groups in total. The zero-order chi connectivity index (χ0) is 15.0. The van der Waals surface area contributed by atoms with Crippen LogP contribution in [0.25, 0.3) is 10.9 Å². The second-order valence-electron chi connectivity index (χ2n) is 5.76.